The molecule has 0 bridgehead atoms. The maximum Gasteiger partial charge on any atom is 0.333 e. The van der Waals surface area contributed by atoms with Gasteiger partial charge >= 0.3 is 5.69 Å². The average Bonchev–Trinajstić information content (AvgIpc) is 3.37. The maximum absolute atomic E-state index is 13.4. The van der Waals surface area contributed by atoms with Gasteiger partial charge in [-0.05, 0) is 56.7 Å². The smallest absolute Gasteiger partial charge is 0.333 e. The summed E-state index contributed by atoms with van der Waals surface area (Å²) < 4.78 is 5.31. The van der Waals surface area contributed by atoms with Gasteiger partial charge in [-0.25, -0.2) is 4.79 Å². The van der Waals surface area contributed by atoms with E-state index in [-0.39, 0.29) is 17.6 Å². The number of aromatic nitrogens is 5. The van der Waals surface area contributed by atoms with Crippen molar-refractivity contribution in [2.75, 3.05) is 0 Å². The van der Waals surface area contributed by atoms with Gasteiger partial charge in [-0.2, -0.15) is 5.10 Å². The SMILES string of the molecule is Cc1ncc(Cl)cc1C(=O)N[C@H]1CC[C@H](Cn2c(=O)n(-c3cnn(C)c3)c3ccccc32)CC1. The molecular weight excluding hydrogens is 452 g/mol. The largest absolute Gasteiger partial charge is 0.349 e. The first-order valence-corrected chi connectivity index (χ1v) is 11.9. The van der Waals surface area contributed by atoms with E-state index in [9.17, 15) is 9.59 Å². The van der Waals surface area contributed by atoms with Crippen LogP contribution in [-0.4, -0.2) is 35.8 Å². The zero-order chi connectivity index (χ0) is 23.8. The van der Waals surface area contributed by atoms with Crippen molar-refractivity contribution in [3.05, 3.63) is 75.7 Å². The number of nitrogens with one attached hydrogen (secondary N) is 1. The van der Waals surface area contributed by atoms with Gasteiger partial charge in [0.05, 0.1) is 39.2 Å². The minimum absolute atomic E-state index is 0.0476. The first-order chi connectivity index (χ1) is 16.4. The molecule has 1 N–H and O–H groups in total. The number of carbonyl (C=O) groups excluding carboxylic acids is 1. The molecule has 0 radical (unpaired) electrons. The molecular formula is C25H27ClN6O2. The summed E-state index contributed by atoms with van der Waals surface area (Å²) in [6.45, 7) is 2.46. The minimum atomic E-state index is -0.133. The predicted octanol–water partition coefficient (Wildman–Crippen LogP) is 3.87. The molecule has 1 fully saturated rings. The highest BCUT2D eigenvalue weighted by atomic mass is 35.5. The molecule has 0 spiro atoms. The van der Waals surface area contributed by atoms with Gasteiger partial charge in [0.1, 0.15) is 0 Å². The molecule has 1 aliphatic carbocycles. The summed E-state index contributed by atoms with van der Waals surface area (Å²) in [5, 5.41) is 7.82. The van der Waals surface area contributed by atoms with Gasteiger partial charge in [-0.3, -0.25) is 23.6 Å². The van der Waals surface area contributed by atoms with Crippen molar-refractivity contribution in [2.24, 2.45) is 13.0 Å². The molecule has 4 aromatic rings. The van der Waals surface area contributed by atoms with E-state index >= 15 is 0 Å². The lowest BCUT2D eigenvalue weighted by Gasteiger charge is -2.29. The van der Waals surface area contributed by atoms with Crippen LogP contribution in [0.3, 0.4) is 0 Å². The van der Waals surface area contributed by atoms with Gasteiger partial charge in [-0.15, -0.1) is 0 Å². The number of aryl methyl sites for hydroxylation is 2. The third kappa shape index (κ3) is 4.25. The molecule has 1 aromatic carbocycles. The molecule has 34 heavy (non-hydrogen) atoms. The van der Waals surface area contributed by atoms with Crippen LogP contribution in [0.5, 0.6) is 0 Å². The standard InChI is InChI=1S/C25H27ClN6O2/c1-16-21(11-18(26)12-27-16)24(33)29-19-9-7-17(8-10-19)14-31-22-5-3-4-6-23(22)32(25(31)34)20-13-28-30(2)15-20/h3-6,11-13,15,17,19H,7-10,14H2,1-2H3,(H,29,33)/t17-,19-. The van der Waals surface area contributed by atoms with Crippen LogP contribution < -0.4 is 11.0 Å². The summed E-state index contributed by atoms with van der Waals surface area (Å²) in [7, 11) is 1.84. The number of rotatable bonds is 5. The van der Waals surface area contributed by atoms with Crippen molar-refractivity contribution >= 4 is 28.5 Å². The summed E-state index contributed by atoms with van der Waals surface area (Å²) in [4.78, 5) is 30.3. The number of hydrogen-bond donors (Lipinski definition) is 1. The third-order valence-electron chi connectivity index (χ3n) is 6.71. The number of pyridine rings is 1. The van der Waals surface area contributed by atoms with Crippen LogP contribution in [0.4, 0.5) is 0 Å². The highest BCUT2D eigenvalue weighted by Crippen LogP contribution is 2.27. The van der Waals surface area contributed by atoms with Crippen molar-refractivity contribution in [3.8, 4) is 5.69 Å². The van der Waals surface area contributed by atoms with Crippen molar-refractivity contribution < 1.29 is 4.79 Å². The first-order valence-electron chi connectivity index (χ1n) is 11.5. The lowest BCUT2D eigenvalue weighted by Crippen LogP contribution is -2.39. The van der Waals surface area contributed by atoms with E-state index in [2.05, 4.69) is 15.4 Å². The fourth-order valence-electron chi connectivity index (χ4n) is 4.91. The quantitative estimate of drug-likeness (QED) is 0.471. The molecule has 8 nitrogen and oxygen atoms in total. The molecule has 0 saturated heterocycles. The molecule has 9 heteroatoms. The number of fused-ring (bicyclic) bond motifs is 1. The Bertz CT molecular complexity index is 1410. The Kier molecular flexibility index (Phi) is 6.00. The summed E-state index contributed by atoms with van der Waals surface area (Å²) in [6.07, 6.45) is 8.74. The normalized spacial score (nSPS) is 18.3. The van der Waals surface area contributed by atoms with Crippen LogP contribution in [-0.2, 0) is 13.6 Å². The monoisotopic (exact) mass is 478 g/mol. The zero-order valence-electron chi connectivity index (χ0n) is 19.2. The number of halogens is 1. The highest BCUT2D eigenvalue weighted by Gasteiger charge is 2.25. The number of nitrogens with zero attached hydrogens (tertiary/aromatic N) is 5. The highest BCUT2D eigenvalue weighted by molar-refractivity contribution is 6.30. The van der Waals surface area contributed by atoms with Gasteiger partial charge < -0.3 is 5.32 Å². The van der Waals surface area contributed by atoms with E-state index in [1.165, 1.54) is 0 Å². The number of carbonyl (C=O) groups is 1. The molecule has 5 rings (SSSR count). The Balaban J connectivity index is 1.29. The molecule has 1 amide bonds. The molecule has 176 valence electrons. The van der Waals surface area contributed by atoms with Gasteiger partial charge in [0, 0.05) is 32.0 Å². The number of para-hydroxylation sites is 2. The second kappa shape index (κ2) is 9.10. The van der Waals surface area contributed by atoms with Crippen LogP contribution in [0.15, 0.2) is 53.7 Å². The first kappa shape index (κ1) is 22.4. The Morgan fingerprint density at radius 2 is 1.88 bits per heavy atom. The lowest BCUT2D eigenvalue weighted by atomic mass is 9.85. The summed E-state index contributed by atoms with van der Waals surface area (Å²) in [5.74, 6) is 0.236. The van der Waals surface area contributed by atoms with Crippen molar-refractivity contribution in [2.45, 2.75) is 45.2 Å². The van der Waals surface area contributed by atoms with Gasteiger partial charge in [0.15, 0.2) is 0 Å². The van der Waals surface area contributed by atoms with Crippen LogP contribution in [0.25, 0.3) is 16.7 Å². The van der Waals surface area contributed by atoms with E-state index < -0.39 is 0 Å². The number of benzene rings is 1. The van der Waals surface area contributed by atoms with E-state index in [0.717, 1.165) is 42.4 Å². The number of imidazole rings is 1. The van der Waals surface area contributed by atoms with Crippen molar-refractivity contribution in [1.29, 1.82) is 0 Å². The van der Waals surface area contributed by atoms with E-state index in [1.54, 1.807) is 27.7 Å². The van der Waals surface area contributed by atoms with E-state index in [1.807, 2.05) is 49.0 Å². The van der Waals surface area contributed by atoms with Crippen LogP contribution in [0.1, 0.15) is 41.7 Å². The number of amides is 1. The lowest BCUT2D eigenvalue weighted by molar-refractivity contribution is 0.0919. The molecule has 1 aliphatic rings. The van der Waals surface area contributed by atoms with Crippen LogP contribution in [0, 0.1) is 12.8 Å². The topological polar surface area (TPSA) is 86.7 Å². The third-order valence-corrected chi connectivity index (χ3v) is 6.91. The minimum Gasteiger partial charge on any atom is -0.349 e. The summed E-state index contributed by atoms with van der Waals surface area (Å²) in [5.41, 5.74) is 3.71. The molecule has 0 unspecified atom stereocenters. The fourth-order valence-corrected chi connectivity index (χ4v) is 5.06. The molecule has 3 heterocycles. The number of hydrogen-bond acceptors (Lipinski definition) is 4. The van der Waals surface area contributed by atoms with Crippen LogP contribution in [0.2, 0.25) is 5.02 Å². The van der Waals surface area contributed by atoms with Gasteiger partial charge in [-0.1, -0.05) is 23.7 Å². The average molecular weight is 479 g/mol. The van der Waals surface area contributed by atoms with Gasteiger partial charge in [0.2, 0.25) is 0 Å². The fraction of sp³-hybridized carbons (Fsp3) is 0.360. The maximum atomic E-state index is 13.4. The molecule has 1 saturated carbocycles. The van der Waals surface area contributed by atoms with Crippen molar-refractivity contribution in [3.63, 3.8) is 0 Å². The second-order valence-electron chi connectivity index (χ2n) is 9.07. The zero-order valence-corrected chi connectivity index (χ0v) is 20.0. The molecule has 0 aliphatic heterocycles. The summed E-state index contributed by atoms with van der Waals surface area (Å²) >= 11 is 6.02. The Hall–Kier alpha value is -3.39. The molecule has 3 aromatic heterocycles. The van der Waals surface area contributed by atoms with E-state index in [4.69, 9.17) is 11.6 Å². The second-order valence-corrected chi connectivity index (χ2v) is 9.50. The Labute approximate surface area is 202 Å². The Morgan fingerprint density at radius 1 is 1.15 bits per heavy atom. The Morgan fingerprint density at radius 3 is 2.59 bits per heavy atom. The summed E-state index contributed by atoms with van der Waals surface area (Å²) in [6, 6.07) is 9.65. The van der Waals surface area contributed by atoms with Gasteiger partial charge in [0.25, 0.3) is 5.91 Å². The van der Waals surface area contributed by atoms with Crippen molar-refractivity contribution in [1.82, 2.24) is 29.2 Å². The van der Waals surface area contributed by atoms with E-state index in [0.29, 0.717) is 28.7 Å². The molecule has 0 atom stereocenters. The van der Waals surface area contributed by atoms with Crippen LogP contribution >= 0.6 is 11.6 Å². The predicted molar refractivity (Wildman–Crippen MR) is 131 cm³/mol.